The van der Waals surface area contributed by atoms with Crippen molar-refractivity contribution in [1.29, 1.82) is 0 Å². The van der Waals surface area contributed by atoms with Gasteiger partial charge < -0.3 is 14.2 Å². The minimum absolute atomic E-state index is 0.417. The molecule has 0 fully saturated rings. The normalized spacial score (nSPS) is 11.3. The predicted molar refractivity (Wildman–Crippen MR) is 176 cm³/mol. The van der Waals surface area contributed by atoms with Gasteiger partial charge in [-0.1, -0.05) is 194 Å². The monoisotopic (exact) mass is 604 g/mol. The number of hydrogen-bond donors (Lipinski definition) is 1. The summed E-state index contributed by atoms with van der Waals surface area (Å²) < 4.78 is 16.5. The zero-order chi connectivity index (χ0) is 30.3. The second-order valence-corrected chi connectivity index (χ2v) is 13.3. The molecule has 1 N–H and O–H groups in total. The number of hydrogen-bond acceptors (Lipinski definition) is 2. The summed E-state index contributed by atoms with van der Waals surface area (Å²) in [5.41, 5.74) is 0. The molecule has 0 aromatic rings. The molecule has 0 aromatic carbocycles. The molecule has 0 heterocycles. The lowest BCUT2D eigenvalue weighted by Gasteiger charge is -2.13. The van der Waals surface area contributed by atoms with E-state index in [9.17, 15) is 0 Å². The maximum atomic E-state index is 8.24. The van der Waals surface area contributed by atoms with Gasteiger partial charge >= 0.3 is 0 Å². The van der Waals surface area contributed by atoms with E-state index in [1.54, 1.807) is 4.90 Å². The first kappa shape index (κ1) is 43.3. The molecule has 0 saturated heterocycles. The fourth-order valence-corrected chi connectivity index (χ4v) is 6.07. The van der Waals surface area contributed by atoms with Crippen LogP contribution in [0.1, 0.15) is 219 Å². The molecule has 0 saturated carbocycles. The van der Waals surface area contributed by atoms with Gasteiger partial charge in [0.1, 0.15) is 0 Å². The first-order chi connectivity index (χ1) is 20.2. The van der Waals surface area contributed by atoms with E-state index in [1.165, 1.54) is 219 Å². The van der Waals surface area contributed by atoms with E-state index in [0.29, 0.717) is 0 Å². The molecule has 3 nitrogen and oxygen atoms in total. The summed E-state index contributed by atoms with van der Waals surface area (Å²) in [6.07, 6.45) is 47.0. The van der Waals surface area contributed by atoms with Crippen LogP contribution in [0.3, 0.4) is 0 Å². The summed E-state index contributed by atoms with van der Waals surface area (Å²) in [7, 11) is 2.43. The third-order valence-corrected chi connectivity index (χ3v) is 8.91. The summed E-state index contributed by atoms with van der Waals surface area (Å²) in [4.78, 5) is 1.78. The molecule has 0 unspecified atom stereocenters. The Bertz CT molecular complexity index is 388. The van der Waals surface area contributed by atoms with Gasteiger partial charge in [-0.15, -0.1) is 0 Å². The minimum atomic E-state index is -0.417. The lowest BCUT2D eigenvalue weighted by atomic mass is 10.0. The molecule has 0 amide bonds. The SMILES string of the molecule is CCCCCCCCCCCCCCCCCC[NH+](C)CCCCCCCCCCCCCCCCCC.[O-][Cl+][O-]. The van der Waals surface area contributed by atoms with Crippen LogP contribution in [-0.4, -0.2) is 20.1 Å². The molecule has 0 rings (SSSR count). The molecule has 4 heteroatoms. The number of nitrogens with one attached hydrogen (secondary N) is 1. The number of rotatable bonds is 34. The first-order valence-corrected chi connectivity index (χ1v) is 19.5. The topological polar surface area (TPSA) is 50.6 Å². The van der Waals surface area contributed by atoms with Crippen molar-refractivity contribution >= 4 is 0 Å². The van der Waals surface area contributed by atoms with Crippen molar-refractivity contribution in [3.63, 3.8) is 0 Å². The highest BCUT2D eigenvalue weighted by Crippen LogP contribution is 2.15. The van der Waals surface area contributed by atoms with Crippen LogP contribution in [0.15, 0.2) is 0 Å². The molecule has 0 aliphatic carbocycles. The zero-order valence-corrected chi connectivity index (χ0v) is 29.5. The summed E-state index contributed by atoms with van der Waals surface area (Å²) in [6.45, 7) is 7.42. The predicted octanol–water partition coefficient (Wildman–Crippen LogP) is 9.65. The Kier molecular flexibility index (Phi) is 44.7. The molecular weight excluding hydrogens is 526 g/mol. The van der Waals surface area contributed by atoms with Gasteiger partial charge in [0.15, 0.2) is 0 Å². The Labute approximate surface area is 264 Å². The molecule has 0 spiro atoms. The largest absolute Gasteiger partial charge is 0.544 e. The van der Waals surface area contributed by atoms with Crippen LogP contribution in [0, 0.1) is 11.3 Å². The van der Waals surface area contributed by atoms with Crippen LogP contribution >= 0.6 is 0 Å². The van der Waals surface area contributed by atoms with Gasteiger partial charge in [0, 0.05) is 0 Å². The lowest BCUT2D eigenvalue weighted by Crippen LogP contribution is -3.09. The maximum Gasteiger partial charge on any atom is 0.0878 e. The summed E-state index contributed by atoms with van der Waals surface area (Å²) >= 11 is -0.417. The van der Waals surface area contributed by atoms with Crippen LogP contribution in [0.2, 0.25) is 0 Å². The average Bonchev–Trinajstić information content (AvgIpc) is 2.97. The highest BCUT2D eigenvalue weighted by molar-refractivity contribution is 4.51. The molecule has 0 aromatic heterocycles. The van der Waals surface area contributed by atoms with E-state index in [1.807, 2.05) is 0 Å². The molecule has 250 valence electrons. The summed E-state index contributed by atoms with van der Waals surface area (Å²) in [5.74, 6) is 0. The smallest absolute Gasteiger partial charge is 0.0878 e. The second-order valence-electron chi connectivity index (χ2n) is 13.1. The Balaban J connectivity index is 0. The van der Waals surface area contributed by atoms with Gasteiger partial charge in [0.25, 0.3) is 0 Å². The van der Waals surface area contributed by atoms with Gasteiger partial charge in [0.2, 0.25) is 0 Å². The molecule has 41 heavy (non-hydrogen) atoms. The van der Waals surface area contributed by atoms with Crippen molar-refractivity contribution in [1.82, 2.24) is 0 Å². The molecular formula is C37H78ClNO2. The Morgan fingerprint density at radius 3 is 0.634 bits per heavy atom. The van der Waals surface area contributed by atoms with E-state index in [4.69, 9.17) is 9.32 Å². The number of unbranched alkanes of at least 4 members (excludes halogenated alkanes) is 30. The highest BCUT2D eigenvalue weighted by Gasteiger charge is 2.02. The van der Waals surface area contributed by atoms with E-state index >= 15 is 0 Å². The van der Waals surface area contributed by atoms with Crippen molar-refractivity contribution in [2.24, 2.45) is 0 Å². The third kappa shape index (κ3) is 44.7. The first-order valence-electron chi connectivity index (χ1n) is 18.9. The molecule has 0 bridgehead atoms. The van der Waals surface area contributed by atoms with Gasteiger partial charge in [-0.05, 0) is 25.7 Å². The maximum absolute atomic E-state index is 8.24. The van der Waals surface area contributed by atoms with Crippen LogP contribution < -0.4 is 14.2 Å². The van der Waals surface area contributed by atoms with Crippen molar-refractivity contribution in [2.75, 3.05) is 20.1 Å². The summed E-state index contributed by atoms with van der Waals surface area (Å²) in [5, 5.41) is 0. The fraction of sp³-hybridized carbons (Fsp3) is 1.00. The van der Waals surface area contributed by atoms with Gasteiger partial charge in [-0.2, -0.15) is 0 Å². The van der Waals surface area contributed by atoms with Gasteiger partial charge in [-0.3, -0.25) is 0 Å². The Hall–Kier alpha value is 0.170. The van der Waals surface area contributed by atoms with Crippen molar-refractivity contribution in [2.45, 2.75) is 219 Å². The number of halogens is 1. The van der Waals surface area contributed by atoms with Gasteiger partial charge in [0.05, 0.1) is 31.5 Å². The standard InChI is InChI=1S/C37H77N.ClO2/c1-4-6-8-10-12-14-16-18-20-22-24-26-28-30-32-34-36-38(3)37-35-33-31-29-27-25-23-21-19-17-15-13-11-9-7-5-2;2-1-3/h4-37H2,1-3H3;/q;-1/p+1. The quantitative estimate of drug-likeness (QED) is 0.0744. The third-order valence-electron chi connectivity index (χ3n) is 8.91. The molecule has 0 aliphatic heterocycles. The van der Waals surface area contributed by atoms with E-state index in [2.05, 4.69) is 20.9 Å². The van der Waals surface area contributed by atoms with Crippen LogP contribution in [0.5, 0.6) is 0 Å². The van der Waals surface area contributed by atoms with E-state index in [0.717, 1.165) is 0 Å². The van der Waals surface area contributed by atoms with E-state index < -0.39 is 11.3 Å². The highest BCUT2D eigenvalue weighted by atomic mass is 35.6. The minimum Gasteiger partial charge on any atom is -0.544 e. The zero-order valence-electron chi connectivity index (χ0n) is 28.7. The second kappa shape index (κ2) is 42.3. The van der Waals surface area contributed by atoms with Crippen molar-refractivity contribution < 1.29 is 25.5 Å². The Morgan fingerprint density at radius 1 is 0.317 bits per heavy atom. The lowest BCUT2D eigenvalue weighted by molar-refractivity contribution is -1.41. The Morgan fingerprint density at radius 2 is 0.463 bits per heavy atom. The van der Waals surface area contributed by atoms with Crippen molar-refractivity contribution in [3.8, 4) is 0 Å². The van der Waals surface area contributed by atoms with Crippen molar-refractivity contribution in [3.05, 3.63) is 0 Å². The molecule has 0 atom stereocenters. The van der Waals surface area contributed by atoms with E-state index in [-0.39, 0.29) is 0 Å². The van der Waals surface area contributed by atoms with Crippen LogP contribution in [0.4, 0.5) is 0 Å². The molecule has 0 aliphatic rings. The van der Waals surface area contributed by atoms with Crippen LogP contribution in [0.25, 0.3) is 0 Å². The number of quaternary nitrogens is 1. The average molecular weight is 604 g/mol. The van der Waals surface area contributed by atoms with Crippen LogP contribution in [-0.2, 0) is 0 Å². The van der Waals surface area contributed by atoms with Gasteiger partial charge in [-0.25, -0.2) is 0 Å². The molecule has 0 radical (unpaired) electrons. The fourth-order valence-electron chi connectivity index (χ4n) is 6.07. The summed E-state index contributed by atoms with van der Waals surface area (Å²) in [6, 6.07) is 0.